The zero-order valence-corrected chi connectivity index (χ0v) is 18.8. The van der Waals surface area contributed by atoms with E-state index in [0.717, 1.165) is 56.3 Å². The maximum absolute atomic E-state index is 6.08. The predicted octanol–water partition coefficient (Wildman–Crippen LogP) is 5.11. The zero-order chi connectivity index (χ0) is 22.0. The van der Waals surface area contributed by atoms with Crippen molar-refractivity contribution >= 4 is 6.08 Å². The summed E-state index contributed by atoms with van der Waals surface area (Å²) in [4.78, 5) is 5.03. The molecule has 4 heteroatoms. The van der Waals surface area contributed by atoms with E-state index in [-0.39, 0.29) is 0 Å². The number of rotatable bonds is 9. The standard InChI is InChI=1S/C28H32N2O2/c1-31-27-15-14-26(21-28(27)32-23-25-11-6-3-7-12-25)22-30-19-17-29(18-20-30)16-8-13-24-9-4-2-5-10-24/h2-15,21H,16-20,22-23H2,1H3/b13-8+. The first-order chi connectivity index (χ1) is 15.8. The number of ether oxygens (including phenoxy) is 2. The largest absolute Gasteiger partial charge is 0.493 e. The van der Waals surface area contributed by atoms with E-state index in [1.165, 1.54) is 11.1 Å². The number of hydrogen-bond acceptors (Lipinski definition) is 4. The summed E-state index contributed by atoms with van der Waals surface area (Å²) in [6.07, 6.45) is 4.48. The summed E-state index contributed by atoms with van der Waals surface area (Å²) in [5, 5.41) is 0. The van der Waals surface area contributed by atoms with Gasteiger partial charge in [0.25, 0.3) is 0 Å². The van der Waals surface area contributed by atoms with Gasteiger partial charge in [-0.25, -0.2) is 0 Å². The van der Waals surface area contributed by atoms with Gasteiger partial charge in [0, 0.05) is 39.3 Å². The third kappa shape index (κ3) is 6.46. The molecule has 0 radical (unpaired) electrons. The Morgan fingerprint density at radius 1 is 0.750 bits per heavy atom. The average Bonchev–Trinajstić information content (AvgIpc) is 2.85. The van der Waals surface area contributed by atoms with Crippen LogP contribution in [0.5, 0.6) is 11.5 Å². The molecule has 0 amide bonds. The number of hydrogen-bond donors (Lipinski definition) is 0. The molecule has 1 aliphatic rings. The summed E-state index contributed by atoms with van der Waals surface area (Å²) in [5.41, 5.74) is 3.67. The Hall–Kier alpha value is -3.08. The molecule has 166 valence electrons. The van der Waals surface area contributed by atoms with Gasteiger partial charge in [-0.15, -0.1) is 0 Å². The van der Waals surface area contributed by atoms with Crippen LogP contribution in [-0.2, 0) is 13.2 Å². The number of nitrogens with zero attached hydrogens (tertiary/aromatic N) is 2. The summed E-state index contributed by atoms with van der Waals surface area (Å²) >= 11 is 0. The zero-order valence-electron chi connectivity index (χ0n) is 18.8. The number of piperazine rings is 1. The van der Waals surface area contributed by atoms with Gasteiger partial charge in [-0.1, -0.05) is 78.9 Å². The Morgan fingerprint density at radius 2 is 1.44 bits per heavy atom. The van der Waals surface area contributed by atoms with E-state index in [2.05, 4.69) is 76.5 Å². The second kappa shape index (κ2) is 11.5. The van der Waals surface area contributed by atoms with E-state index in [4.69, 9.17) is 9.47 Å². The first kappa shape index (κ1) is 22.1. The molecule has 0 aliphatic carbocycles. The molecule has 3 aromatic rings. The van der Waals surface area contributed by atoms with Crippen molar-refractivity contribution in [2.75, 3.05) is 39.8 Å². The molecule has 0 bridgehead atoms. The molecule has 1 aliphatic heterocycles. The fourth-order valence-corrected chi connectivity index (χ4v) is 3.96. The molecule has 4 rings (SSSR count). The highest BCUT2D eigenvalue weighted by Crippen LogP contribution is 2.29. The molecule has 1 fully saturated rings. The van der Waals surface area contributed by atoms with E-state index in [9.17, 15) is 0 Å². The van der Waals surface area contributed by atoms with Crippen LogP contribution >= 0.6 is 0 Å². The molecule has 1 saturated heterocycles. The Morgan fingerprint density at radius 3 is 2.16 bits per heavy atom. The third-order valence-corrected chi connectivity index (χ3v) is 5.81. The Bertz CT molecular complexity index is 981. The normalized spacial score (nSPS) is 15.2. The van der Waals surface area contributed by atoms with Crippen molar-refractivity contribution in [1.29, 1.82) is 0 Å². The van der Waals surface area contributed by atoms with Crippen LogP contribution in [0.1, 0.15) is 16.7 Å². The maximum Gasteiger partial charge on any atom is 0.161 e. The van der Waals surface area contributed by atoms with Gasteiger partial charge >= 0.3 is 0 Å². The van der Waals surface area contributed by atoms with Gasteiger partial charge in [0.05, 0.1) is 7.11 Å². The molecule has 0 N–H and O–H groups in total. The Kier molecular flexibility index (Phi) is 7.96. The highest BCUT2D eigenvalue weighted by atomic mass is 16.5. The summed E-state index contributed by atoms with van der Waals surface area (Å²) < 4.78 is 11.6. The van der Waals surface area contributed by atoms with Gasteiger partial charge < -0.3 is 9.47 Å². The molecular weight excluding hydrogens is 396 g/mol. The first-order valence-electron chi connectivity index (χ1n) is 11.3. The van der Waals surface area contributed by atoms with Crippen molar-refractivity contribution in [3.05, 3.63) is 102 Å². The second-order valence-electron chi connectivity index (χ2n) is 8.15. The molecule has 0 saturated carbocycles. The molecule has 32 heavy (non-hydrogen) atoms. The Labute approximate surface area is 191 Å². The van der Waals surface area contributed by atoms with Crippen LogP contribution in [0.2, 0.25) is 0 Å². The minimum Gasteiger partial charge on any atom is -0.493 e. The lowest BCUT2D eigenvalue weighted by Gasteiger charge is -2.34. The predicted molar refractivity (Wildman–Crippen MR) is 131 cm³/mol. The van der Waals surface area contributed by atoms with E-state index >= 15 is 0 Å². The lowest BCUT2D eigenvalue weighted by atomic mass is 10.1. The lowest BCUT2D eigenvalue weighted by Crippen LogP contribution is -2.45. The van der Waals surface area contributed by atoms with Crippen LogP contribution in [0.3, 0.4) is 0 Å². The van der Waals surface area contributed by atoms with E-state index < -0.39 is 0 Å². The summed E-state index contributed by atoms with van der Waals surface area (Å²) in [6, 6.07) is 27.0. The van der Waals surface area contributed by atoms with Crippen LogP contribution in [0, 0.1) is 0 Å². The van der Waals surface area contributed by atoms with Crippen LogP contribution in [-0.4, -0.2) is 49.6 Å². The molecular formula is C28H32N2O2. The summed E-state index contributed by atoms with van der Waals surface area (Å²) in [5.74, 6) is 1.58. The van der Waals surface area contributed by atoms with Crippen molar-refractivity contribution in [2.45, 2.75) is 13.2 Å². The van der Waals surface area contributed by atoms with Gasteiger partial charge in [0.15, 0.2) is 11.5 Å². The minimum absolute atomic E-state index is 0.538. The average molecular weight is 429 g/mol. The highest BCUT2D eigenvalue weighted by molar-refractivity contribution is 5.48. The van der Waals surface area contributed by atoms with Crippen molar-refractivity contribution in [3.63, 3.8) is 0 Å². The van der Waals surface area contributed by atoms with Crippen molar-refractivity contribution in [1.82, 2.24) is 9.80 Å². The minimum atomic E-state index is 0.538. The monoisotopic (exact) mass is 428 g/mol. The van der Waals surface area contributed by atoms with E-state index in [1.807, 2.05) is 24.3 Å². The third-order valence-electron chi connectivity index (χ3n) is 5.81. The van der Waals surface area contributed by atoms with Crippen LogP contribution in [0.25, 0.3) is 6.08 Å². The van der Waals surface area contributed by atoms with Crippen molar-refractivity contribution in [3.8, 4) is 11.5 Å². The molecule has 0 atom stereocenters. The van der Waals surface area contributed by atoms with E-state index in [0.29, 0.717) is 6.61 Å². The maximum atomic E-state index is 6.08. The fraction of sp³-hybridized carbons (Fsp3) is 0.286. The fourth-order valence-electron chi connectivity index (χ4n) is 3.96. The topological polar surface area (TPSA) is 24.9 Å². The quantitative estimate of drug-likeness (QED) is 0.473. The molecule has 0 aromatic heterocycles. The SMILES string of the molecule is COc1ccc(CN2CCN(C/C=C/c3ccccc3)CC2)cc1OCc1ccccc1. The van der Waals surface area contributed by atoms with Crippen LogP contribution in [0.4, 0.5) is 0 Å². The van der Waals surface area contributed by atoms with Gasteiger partial charge in [0.1, 0.15) is 6.61 Å². The Balaban J connectivity index is 1.27. The van der Waals surface area contributed by atoms with Crippen molar-refractivity contribution in [2.24, 2.45) is 0 Å². The van der Waals surface area contributed by atoms with Crippen LogP contribution in [0.15, 0.2) is 84.9 Å². The van der Waals surface area contributed by atoms with Gasteiger partial charge in [-0.05, 0) is 28.8 Å². The van der Waals surface area contributed by atoms with Gasteiger partial charge in [-0.2, -0.15) is 0 Å². The lowest BCUT2D eigenvalue weighted by molar-refractivity contribution is 0.137. The number of benzene rings is 3. The van der Waals surface area contributed by atoms with Gasteiger partial charge in [-0.3, -0.25) is 9.80 Å². The van der Waals surface area contributed by atoms with Crippen molar-refractivity contribution < 1.29 is 9.47 Å². The van der Waals surface area contributed by atoms with Crippen LogP contribution < -0.4 is 9.47 Å². The summed E-state index contributed by atoms with van der Waals surface area (Å²) in [7, 11) is 1.69. The smallest absolute Gasteiger partial charge is 0.161 e. The first-order valence-corrected chi connectivity index (χ1v) is 11.3. The molecule has 1 heterocycles. The molecule has 3 aromatic carbocycles. The molecule has 0 unspecified atom stereocenters. The highest BCUT2D eigenvalue weighted by Gasteiger charge is 2.17. The number of methoxy groups -OCH3 is 1. The molecule has 0 spiro atoms. The second-order valence-corrected chi connectivity index (χ2v) is 8.15. The van der Waals surface area contributed by atoms with Gasteiger partial charge in [0.2, 0.25) is 0 Å². The molecule has 4 nitrogen and oxygen atoms in total. The summed E-state index contributed by atoms with van der Waals surface area (Å²) in [6.45, 7) is 6.80. The van der Waals surface area contributed by atoms with E-state index in [1.54, 1.807) is 7.11 Å².